The number of nitrogens with one attached hydrogen (secondary N) is 1. The number of nitro groups is 2. The van der Waals surface area contributed by atoms with Gasteiger partial charge < -0.3 is 0 Å². The molecule has 2 aromatic rings. The largest absolute Gasteiger partial charge is 0.277 e. The van der Waals surface area contributed by atoms with Gasteiger partial charge in [0.2, 0.25) is 0 Å². The Balaban J connectivity index is 2.10. The summed E-state index contributed by atoms with van der Waals surface area (Å²) in [5, 5.41) is 25.6. The quantitative estimate of drug-likeness (QED) is 0.420. The van der Waals surface area contributed by atoms with Crippen molar-refractivity contribution in [2.24, 2.45) is 5.10 Å². The summed E-state index contributed by atoms with van der Waals surface area (Å²) in [5.41, 5.74) is 3.85. The third-order valence-corrected chi connectivity index (χ3v) is 4.02. The number of hydrazone groups is 1. The molecule has 0 aromatic heterocycles. The fourth-order valence-corrected chi connectivity index (χ4v) is 2.47. The fourth-order valence-electron chi connectivity index (χ4n) is 2.47. The van der Waals surface area contributed by atoms with Crippen LogP contribution in [-0.4, -0.2) is 22.0 Å². The summed E-state index contributed by atoms with van der Waals surface area (Å²) < 4.78 is 0. The van der Waals surface area contributed by atoms with Crippen molar-refractivity contribution in [3.63, 3.8) is 0 Å². The lowest BCUT2D eigenvalue weighted by Crippen LogP contribution is -2.18. The zero-order valence-corrected chi connectivity index (χ0v) is 16.2. The molecular formula is C20H20N4O5. The van der Waals surface area contributed by atoms with Crippen LogP contribution in [0.25, 0.3) is 6.08 Å². The number of benzene rings is 2. The molecule has 0 saturated heterocycles. The van der Waals surface area contributed by atoms with E-state index in [9.17, 15) is 25.0 Å². The Morgan fingerprint density at radius 2 is 1.59 bits per heavy atom. The van der Waals surface area contributed by atoms with E-state index in [-0.39, 0.29) is 5.56 Å². The van der Waals surface area contributed by atoms with Crippen molar-refractivity contribution in [3.8, 4) is 0 Å². The number of hydrogen-bond acceptors (Lipinski definition) is 6. The van der Waals surface area contributed by atoms with E-state index in [1.165, 1.54) is 11.8 Å². The highest BCUT2D eigenvalue weighted by atomic mass is 16.6. The van der Waals surface area contributed by atoms with Gasteiger partial charge in [0, 0.05) is 12.1 Å². The van der Waals surface area contributed by atoms with Gasteiger partial charge in [-0.15, -0.1) is 0 Å². The Kier molecular flexibility index (Phi) is 6.91. The van der Waals surface area contributed by atoms with Crippen LogP contribution >= 0.6 is 0 Å². The molecule has 2 aromatic carbocycles. The van der Waals surface area contributed by atoms with Gasteiger partial charge in [0.15, 0.2) is 0 Å². The van der Waals surface area contributed by atoms with E-state index in [0.29, 0.717) is 5.92 Å². The predicted molar refractivity (Wildman–Crippen MR) is 110 cm³/mol. The van der Waals surface area contributed by atoms with Crippen molar-refractivity contribution in [1.29, 1.82) is 0 Å². The van der Waals surface area contributed by atoms with Gasteiger partial charge in [-0.3, -0.25) is 25.0 Å². The number of nitro benzene ring substituents is 2. The molecule has 1 N–H and O–H groups in total. The molecule has 0 aliphatic rings. The second-order valence-electron chi connectivity index (χ2n) is 6.66. The zero-order valence-electron chi connectivity index (χ0n) is 16.2. The third-order valence-electron chi connectivity index (χ3n) is 4.02. The number of nitrogens with zero attached hydrogens (tertiary/aromatic N) is 3. The molecule has 0 aliphatic heterocycles. The molecule has 9 nitrogen and oxygen atoms in total. The first-order valence-electron chi connectivity index (χ1n) is 8.73. The average molecular weight is 396 g/mol. The van der Waals surface area contributed by atoms with E-state index in [0.717, 1.165) is 29.3 Å². The number of non-ortho nitro benzene ring substituents is 2. The van der Waals surface area contributed by atoms with E-state index in [1.54, 1.807) is 6.92 Å². The smallest absolute Gasteiger partial charge is 0.267 e. The normalized spacial score (nSPS) is 11.7. The lowest BCUT2D eigenvalue weighted by molar-refractivity contribution is -0.394. The summed E-state index contributed by atoms with van der Waals surface area (Å²) in [6.45, 7) is 6.02. The standard InChI is InChI=1S/C20H20N4O5/c1-13(2)16-6-4-15(5-7-16)8-14(3)12-21-22-20(25)17-9-18(23(26)27)11-19(10-17)24(28)29/h4-13H,1-3H3,(H,22,25). The molecule has 0 aliphatic carbocycles. The Morgan fingerprint density at radius 1 is 1.03 bits per heavy atom. The molecule has 0 spiro atoms. The first kappa shape index (κ1) is 21.4. The summed E-state index contributed by atoms with van der Waals surface area (Å²) in [5.74, 6) is -0.349. The maximum Gasteiger partial charge on any atom is 0.277 e. The van der Waals surface area contributed by atoms with Gasteiger partial charge in [-0.2, -0.15) is 5.10 Å². The van der Waals surface area contributed by atoms with Gasteiger partial charge in [-0.25, -0.2) is 5.43 Å². The Bertz CT molecular complexity index is 962. The van der Waals surface area contributed by atoms with Gasteiger partial charge in [-0.05, 0) is 29.5 Å². The molecule has 0 saturated carbocycles. The van der Waals surface area contributed by atoms with Crippen LogP contribution in [0.3, 0.4) is 0 Å². The molecule has 0 fully saturated rings. The molecule has 0 radical (unpaired) electrons. The second-order valence-corrected chi connectivity index (χ2v) is 6.66. The molecule has 9 heteroatoms. The first-order valence-corrected chi connectivity index (χ1v) is 8.73. The lowest BCUT2D eigenvalue weighted by atomic mass is 10.0. The van der Waals surface area contributed by atoms with E-state index in [4.69, 9.17) is 0 Å². The monoisotopic (exact) mass is 396 g/mol. The van der Waals surface area contributed by atoms with Crippen LogP contribution in [0.15, 0.2) is 53.1 Å². The molecular weight excluding hydrogens is 376 g/mol. The second kappa shape index (κ2) is 9.36. The van der Waals surface area contributed by atoms with Crippen molar-refractivity contribution in [2.75, 3.05) is 0 Å². The summed E-state index contributed by atoms with van der Waals surface area (Å²) in [6, 6.07) is 10.7. The Hall–Kier alpha value is -3.88. The molecule has 0 heterocycles. The van der Waals surface area contributed by atoms with Crippen LogP contribution in [0.2, 0.25) is 0 Å². The number of rotatable bonds is 7. The SMILES string of the molecule is CC(C=NNC(=O)c1cc([N+](=O)[O-])cc([N+](=O)[O-])c1)=Cc1ccc(C(C)C)cc1. The van der Waals surface area contributed by atoms with Crippen molar-refractivity contribution in [2.45, 2.75) is 26.7 Å². The van der Waals surface area contributed by atoms with Crippen molar-refractivity contribution < 1.29 is 14.6 Å². The predicted octanol–water partition coefficient (Wildman–Crippen LogP) is 4.45. The number of carbonyl (C=O) groups excluding carboxylic acids is 1. The Labute approximate surface area is 167 Å². The molecule has 0 atom stereocenters. The maximum atomic E-state index is 12.1. The maximum absolute atomic E-state index is 12.1. The van der Waals surface area contributed by atoms with Crippen LogP contribution in [0.1, 0.15) is 48.2 Å². The number of amides is 1. The molecule has 29 heavy (non-hydrogen) atoms. The minimum Gasteiger partial charge on any atom is -0.267 e. The number of carbonyl (C=O) groups is 1. The highest BCUT2D eigenvalue weighted by Gasteiger charge is 2.19. The average Bonchev–Trinajstić information content (AvgIpc) is 2.67. The van der Waals surface area contributed by atoms with Crippen molar-refractivity contribution >= 4 is 29.6 Å². The Morgan fingerprint density at radius 3 is 2.07 bits per heavy atom. The highest BCUT2D eigenvalue weighted by molar-refractivity contribution is 5.96. The van der Waals surface area contributed by atoms with Gasteiger partial charge in [0.1, 0.15) is 0 Å². The third kappa shape index (κ3) is 6.06. The van der Waals surface area contributed by atoms with Crippen molar-refractivity contribution in [3.05, 3.63) is 85.0 Å². The minimum absolute atomic E-state index is 0.228. The molecule has 150 valence electrons. The van der Waals surface area contributed by atoms with Gasteiger partial charge >= 0.3 is 0 Å². The highest BCUT2D eigenvalue weighted by Crippen LogP contribution is 2.22. The summed E-state index contributed by atoms with van der Waals surface area (Å²) in [4.78, 5) is 32.3. The van der Waals surface area contributed by atoms with Gasteiger partial charge in [-0.1, -0.05) is 44.2 Å². The zero-order chi connectivity index (χ0) is 21.6. The van der Waals surface area contributed by atoms with E-state index in [1.807, 2.05) is 30.3 Å². The molecule has 0 unspecified atom stereocenters. The lowest BCUT2D eigenvalue weighted by Gasteiger charge is -2.05. The van der Waals surface area contributed by atoms with Gasteiger partial charge in [0.05, 0.1) is 27.7 Å². The summed E-state index contributed by atoms with van der Waals surface area (Å²) >= 11 is 0. The molecule has 0 bridgehead atoms. The van der Waals surface area contributed by atoms with Gasteiger partial charge in [0.25, 0.3) is 17.3 Å². The van der Waals surface area contributed by atoms with E-state index >= 15 is 0 Å². The summed E-state index contributed by atoms with van der Waals surface area (Å²) in [7, 11) is 0. The number of hydrogen-bond donors (Lipinski definition) is 1. The topological polar surface area (TPSA) is 128 Å². The van der Waals surface area contributed by atoms with Crippen LogP contribution < -0.4 is 5.43 Å². The fraction of sp³-hybridized carbons (Fsp3) is 0.200. The van der Waals surface area contributed by atoms with E-state index in [2.05, 4.69) is 24.4 Å². The van der Waals surface area contributed by atoms with E-state index < -0.39 is 27.1 Å². The molecule has 2 rings (SSSR count). The first-order chi connectivity index (χ1) is 13.7. The number of allylic oxidation sites excluding steroid dienone is 1. The van der Waals surface area contributed by atoms with Crippen LogP contribution in [0.5, 0.6) is 0 Å². The van der Waals surface area contributed by atoms with Crippen molar-refractivity contribution in [1.82, 2.24) is 5.43 Å². The van der Waals surface area contributed by atoms with Crippen LogP contribution in [-0.2, 0) is 0 Å². The van der Waals surface area contributed by atoms with Crippen LogP contribution in [0, 0.1) is 20.2 Å². The van der Waals surface area contributed by atoms with Crippen LogP contribution in [0.4, 0.5) is 11.4 Å². The minimum atomic E-state index is -0.801. The summed E-state index contributed by atoms with van der Waals surface area (Å²) in [6.07, 6.45) is 3.29. The molecule has 1 amide bonds.